The van der Waals surface area contributed by atoms with Gasteiger partial charge in [-0.05, 0) is 50.7 Å². The number of nitrogens with zero attached hydrogens (tertiary/aromatic N) is 4. The molecule has 6 rings (SSSR count). The highest BCUT2D eigenvalue weighted by Gasteiger charge is 2.56. The van der Waals surface area contributed by atoms with Crippen LogP contribution in [-0.4, -0.2) is 61.4 Å². The number of hydrogen-bond acceptors (Lipinski definition) is 5. The van der Waals surface area contributed by atoms with Crippen LogP contribution in [0.1, 0.15) is 38.4 Å². The Labute approximate surface area is 184 Å². The molecule has 32 heavy (non-hydrogen) atoms. The van der Waals surface area contributed by atoms with Crippen molar-refractivity contribution >= 4 is 28.7 Å². The van der Waals surface area contributed by atoms with Gasteiger partial charge in [-0.25, -0.2) is 9.78 Å². The van der Waals surface area contributed by atoms with E-state index in [0.717, 1.165) is 30.6 Å². The summed E-state index contributed by atoms with van der Waals surface area (Å²) in [5.74, 6) is 0.282. The normalized spacial score (nSPS) is 29.3. The molecule has 0 spiro atoms. The first-order chi connectivity index (χ1) is 15.4. The Morgan fingerprint density at radius 1 is 1.12 bits per heavy atom. The van der Waals surface area contributed by atoms with E-state index in [0.29, 0.717) is 29.7 Å². The van der Waals surface area contributed by atoms with Crippen molar-refractivity contribution in [3.8, 4) is 0 Å². The van der Waals surface area contributed by atoms with Gasteiger partial charge in [0.15, 0.2) is 0 Å². The second-order valence-corrected chi connectivity index (χ2v) is 9.65. The fourth-order valence-corrected chi connectivity index (χ4v) is 5.74. The van der Waals surface area contributed by atoms with Crippen LogP contribution < -0.4 is 10.9 Å². The molecule has 9 nitrogen and oxygen atoms in total. The number of para-hydroxylation sites is 1. The quantitative estimate of drug-likeness (QED) is 0.726. The van der Waals surface area contributed by atoms with E-state index in [4.69, 9.17) is 4.98 Å². The summed E-state index contributed by atoms with van der Waals surface area (Å²) in [6.45, 7) is 1.87. The number of fused-ring (bicyclic) bond motifs is 4. The molecule has 0 radical (unpaired) electrons. The molecule has 1 aromatic heterocycles. The molecule has 9 heteroatoms. The number of carbonyl (C=O) groups excluding carboxylic acids is 3. The Kier molecular flexibility index (Phi) is 4.03. The van der Waals surface area contributed by atoms with Gasteiger partial charge in [0.1, 0.15) is 17.9 Å². The fraction of sp³-hybridized carbons (Fsp3) is 0.522. The van der Waals surface area contributed by atoms with Crippen molar-refractivity contribution in [1.29, 1.82) is 0 Å². The van der Waals surface area contributed by atoms with Crippen molar-refractivity contribution in [2.45, 2.75) is 63.2 Å². The molecule has 3 fully saturated rings. The Balaban J connectivity index is 1.28. The summed E-state index contributed by atoms with van der Waals surface area (Å²) in [5, 5.41) is 3.38. The molecule has 1 N–H and O–H groups in total. The van der Waals surface area contributed by atoms with Crippen LogP contribution in [0.5, 0.6) is 0 Å². The van der Waals surface area contributed by atoms with Gasteiger partial charge < -0.3 is 10.2 Å². The van der Waals surface area contributed by atoms with Gasteiger partial charge in [-0.15, -0.1) is 0 Å². The lowest BCUT2D eigenvalue weighted by Gasteiger charge is -2.29. The van der Waals surface area contributed by atoms with Gasteiger partial charge in [0.05, 0.1) is 16.9 Å². The molecule has 1 saturated carbocycles. The highest BCUT2D eigenvalue weighted by atomic mass is 16.2. The van der Waals surface area contributed by atoms with E-state index in [2.05, 4.69) is 5.32 Å². The minimum Gasteiger partial charge on any atom is -0.333 e. The predicted octanol–water partition coefficient (Wildman–Crippen LogP) is 1.03. The van der Waals surface area contributed by atoms with Crippen LogP contribution in [-0.2, 0) is 22.6 Å². The van der Waals surface area contributed by atoms with E-state index >= 15 is 0 Å². The number of amides is 4. The molecule has 3 atom stereocenters. The lowest BCUT2D eigenvalue weighted by molar-refractivity contribution is -0.140. The third-order valence-electron chi connectivity index (χ3n) is 7.65. The summed E-state index contributed by atoms with van der Waals surface area (Å²) in [6.07, 6.45) is 3.92. The first-order valence-electron chi connectivity index (χ1n) is 11.3. The molecule has 3 aliphatic heterocycles. The molecule has 3 unspecified atom stereocenters. The molecule has 4 amide bonds. The van der Waals surface area contributed by atoms with Crippen LogP contribution in [0.25, 0.3) is 10.9 Å². The molecular formula is C23H25N5O4. The molecule has 2 saturated heterocycles. The Morgan fingerprint density at radius 2 is 1.88 bits per heavy atom. The number of imide groups is 1. The van der Waals surface area contributed by atoms with Crippen LogP contribution in [0.2, 0.25) is 0 Å². The third kappa shape index (κ3) is 2.73. The monoisotopic (exact) mass is 435 g/mol. The smallest absolute Gasteiger partial charge is 0.325 e. The summed E-state index contributed by atoms with van der Waals surface area (Å²) in [6, 6.07) is 6.56. The highest BCUT2D eigenvalue weighted by Crippen LogP contribution is 2.42. The standard InChI is InChI=1S/C23H25N5O4/c1-23(13-6-7-13)21(31)27(22(32)25-23)12-19(29)28-14-8-9-15(28)11-26-18(10-14)24-17-5-3-2-4-16(17)20(26)30/h2-5,13-15H,6-12H2,1H3,(H,25,32). The average Bonchev–Trinajstić information content (AvgIpc) is 3.53. The Bertz CT molecular complexity index is 1230. The zero-order valence-electron chi connectivity index (χ0n) is 17.9. The van der Waals surface area contributed by atoms with E-state index in [9.17, 15) is 19.2 Å². The molecule has 1 aliphatic carbocycles. The number of benzene rings is 1. The van der Waals surface area contributed by atoms with E-state index in [1.807, 2.05) is 18.2 Å². The molecular weight excluding hydrogens is 410 g/mol. The van der Waals surface area contributed by atoms with E-state index in [1.54, 1.807) is 22.5 Å². The maximum atomic E-state index is 13.4. The number of carbonyl (C=O) groups is 3. The third-order valence-corrected chi connectivity index (χ3v) is 7.65. The second-order valence-electron chi connectivity index (χ2n) is 9.65. The fourth-order valence-electron chi connectivity index (χ4n) is 5.74. The lowest BCUT2D eigenvalue weighted by atomic mass is 9.96. The van der Waals surface area contributed by atoms with Crippen LogP contribution in [0.3, 0.4) is 0 Å². The van der Waals surface area contributed by atoms with Crippen molar-refractivity contribution < 1.29 is 14.4 Å². The number of aromatic nitrogens is 2. The van der Waals surface area contributed by atoms with E-state index in [-0.39, 0.29) is 41.9 Å². The topological polar surface area (TPSA) is 105 Å². The second kappa shape index (κ2) is 6.63. The largest absolute Gasteiger partial charge is 0.333 e. The van der Waals surface area contributed by atoms with Crippen molar-refractivity contribution in [2.75, 3.05) is 6.54 Å². The van der Waals surface area contributed by atoms with Crippen molar-refractivity contribution in [3.63, 3.8) is 0 Å². The molecule has 1 aromatic carbocycles. The summed E-state index contributed by atoms with van der Waals surface area (Å²) < 4.78 is 1.70. The first-order valence-corrected chi connectivity index (χ1v) is 11.3. The van der Waals surface area contributed by atoms with Crippen molar-refractivity contribution in [1.82, 2.24) is 24.7 Å². The summed E-state index contributed by atoms with van der Waals surface area (Å²) in [5.41, 5.74) is -0.319. The van der Waals surface area contributed by atoms with Gasteiger partial charge >= 0.3 is 6.03 Å². The maximum absolute atomic E-state index is 13.4. The summed E-state index contributed by atoms with van der Waals surface area (Å²) in [4.78, 5) is 59.5. The van der Waals surface area contributed by atoms with Gasteiger partial charge in [-0.3, -0.25) is 23.9 Å². The minimum atomic E-state index is -0.900. The van der Waals surface area contributed by atoms with Crippen LogP contribution in [0, 0.1) is 5.92 Å². The molecule has 166 valence electrons. The highest BCUT2D eigenvalue weighted by molar-refractivity contribution is 6.09. The molecule has 2 bridgehead atoms. The number of hydrogen-bond donors (Lipinski definition) is 1. The number of rotatable bonds is 3. The van der Waals surface area contributed by atoms with Gasteiger partial charge in [0.2, 0.25) is 5.91 Å². The van der Waals surface area contributed by atoms with Gasteiger partial charge in [0.25, 0.3) is 11.5 Å². The van der Waals surface area contributed by atoms with Crippen LogP contribution in [0.4, 0.5) is 4.79 Å². The summed E-state index contributed by atoms with van der Waals surface area (Å²) in [7, 11) is 0. The van der Waals surface area contributed by atoms with Crippen LogP contribution in [0.15, 0.2) is 29.1 Å². The van der Waals surface area contributed by atoms with Gasteiger partial charge in [-0.1, -0.05) is 12.1 Å². The Morgan fingerprint density at radius 3 is 2.66 bits per heavy atom. The van der Waals surface area contributed by atoms with E-state index < -0.39 is 11.6 Å². The number of urea groups is 1. The molecule has 4 heterocycles. The Hall–Kier alpha value is -3.23. The van der Waals surface area contributed by atoms with Crippen molar-refractivity contribution in [3.05, 3.63) is 40.4 Å². The predicted molar refractivity (Wildman–Crippen MR) is 115 cm³/mol. The zero-order valence-corrected chi connectivity index (χ0v) is 17.9. The summed E-state index contributed by atoms with van der Waals surface area (Å²) >= 11 is 0. The number of nitrogens with one attached hydrogen (secondary N) is 1. The molecule has 2 aromatic rings. The SMILES string of the molecule is CC1(C2CC2)NC(=O)N(CC(=O)N2C3CCC2Cn2c(nc4ccccc4c2=O)C3)C1=O. The zero-order chi connectivity index (χ0) is 22.2. The minimum absolute atomic E-state index is 0.0835. The lowest BCUT2D eigenvalue weighted by Crippen LogP contribution is -2.49. The van der Waals surface area contributed by atoms with Gasteiger partial charge in [-0.2, -0.15) is 0 Å². The van der Waals surface area contributed by atoms with Gasteiger partial charge in [0, 0.05) is 19.0 Å². The van der Waals surface area contributed by atoms with Crippen LogP contribution >= 0.6 is 0 Å². The average molecular weight is 435 g/mol. The molecule has 4 aliphatic rings. The van der Waals surface area contributed by atoms with Crippen molar-refractivity contribution in [2.24, 2.45) is 5.92 Å². The van der Waals surface area contributed by atoms with E-state index in [1.165, 1.54) is 0 Å². The first kappa shape index (κ1) is 19.5. The maximum Gasteiger partial charge on any atom is 0.325 e.